The van der Waals surface area contributed by atoms with E-state index in [0.717, 1.165) is 5.95 Å². The molecule has 0 aliphatic rings. The zero-order chi connectivity index (χ0) is 12.1. The van der Waals surface area contributed by atoms with Gasteiger partial charge in [-0.05, 0) is 13.8 Å². The van der Waals surface area contributed by atoms with Crippen molar-refractivity contribution in [3.63, 3.8) is 0 Å². The fourth-order valence-corrected chi connectivity index (χ4v) is 1.51. The number of hydrogen-bond acceptors (Lipinski definition) is 4. The molecule has 0 fully saturated rings. The Morgan fingerprint density at radius 1 is 1.69 bits per heavy atom. The highest BCUT2D eigenvalue weighted by Gasteiger charge is 2.14. The Balaban J connectivity index is 2.73. The van der Waals surface area contributed by atoms with E-state index in [1.807, 2.05) is 17.8 Å². The Morgan fingerprint density at radius 2 is 2.38 bits per heavy atom. The molecule has 16 heavy (non-hydrogen) atoms. The van der Waals surface area contributed by atoms with E-state index in [1.165, 1.54) is 0 Å². The van der Waals surface area contributed by atoms with Crippen LogP contribution in [0.4, 0.5) is 5.95 Å². The summed E-state index contributed by atoms with van der Waals surface area (Å²) >= 11 is 0. The lowest BCUT2D eigenvalue weighted by Crippen LogP contribution is -2.35. The van der Waals surface area contributed by atoms with Gasteiger partial charge in [0, 0.05) is 38.4 Å². The Morgan fingerprint density at radius 3 is 2.81 bits per heavy atom. The minimum Gasteiger partial charge on any atom is -0.409 e. The molecule has 1 rings (SSSR count). The van der Waals surface area contributed by atoms with Crippen molar-refractivity contribution in [3.05, 3.63) is 12.4 Å². The molecule has 0 bridgehead atoms. The number of rotatable bonds is 5. The van der Waals surface area contributed by atoms with E-state index in [-0.39, 0.29) is 5.84 Å². The van der Waals surface area contributed by atoms with Gasteiger partial charge in [-0.25, -0.2) is 4.98 Å². The van der Waals surface area contributed by atoms with Crippen LogP contribution in [-0.2, 0) is 7.05 Å². The minimum atomic E-state index is 0.236. The van der Waals surface area contributed by atoms with Gasteiger partial charge in [0.2, 0.25) is 5.95 Å². The van der Waals surface area contributed by atoms with Crippen molar-refractivity contribution in [1.82, 2.24) is 9.55 Å². The van der Waals surface area contributed by atoms with E-state index in [2.05, 4.69) is 28.9 Å². The molecule has 0 aromatic carbocycles. The first-order valence-electron chi connectivity index (χ1n) is 5.26. The van der Waals surface area contributed by atoms with Gasteiger partial charge in [0.1, 0.15) is 5.84 Å². The molecule has 0 unspecified atom stereocenters. The van der Waals surface area contributed by atoms with E-state index in [0.29, 0.717) is 19.0 Å². The lowest BCUT2D eigenvalue weighted by atomic mass is 10.3. The summed E-state index contributed by atoms with van der Waals surface area (Å²) in [5.74, 6) is 1.13. The van der Waals surface area contributed by atoms with Crippen LogP contribution in [0.1, 0.15) is 20.3 Å². The van der Waals surface area contributed by atoms with Crippen molar-refractivity contribution in [2.75, 3.05) is 11.4 Å². The first kappa shape index (κ1) is 12.4. The van der Waals surface area contributed by atoms with Gasteiger partial charge in [-0.3, -0.25) is 0 Å². The van der Waals surface area contributed by atoms with Crippen molar-refractivity contribution in [1.29, 1.82) is 0 Å². The molecule has 6 heteroatoms. The van der Waals surface area contributed by atoms with E-state index < -0.39 is 0 Å². The minimum absolute atomic E-state index is 0.236. The first-order valence-corrected chi connectivity index (χ1v) is 5.26. The van der Waals surface area contributed by atoms with Gasteiger partial charge in [0.15, 0.2) is 0 Å². The van der Waals surface area contributed by atoms with Crippen LogP contribution in [0.25, 0.3) is 0 Å². The predicted molar refractivity (Wildman–Crippen MR) is 63.7 cm³/mol. The maximum Gasteiger partial charge on any atom is 0.205 e. The number of oxime groups is 1. The van der Waals surface area contributed by atoms with Gasteiger partial charge in [0.05, 0.1) is 0 Å². The highest BCUT2D eigenvalue weighted by atomic mass is 16.4. The number of anilines is 1. The molecule has 0 aliphatic carbocycles. The topological polar surface area (TPSA) is 79.7 Å². The average Bonchev–Trinajstić information content (AvgIpc) is 2.64. The number of amidine groups is 1. The monoisotopic (exact) mass is 225 g/mol. The van der Waals surface area contributed by atoms with E-state index in [1.54, 1.807) is 6.20 Å². The quantitative estimate of drug-likeness (QED) is 0.336. The van der Waals surface area contributed by atoms with Crippen molar-refractivity contribution in [2.45, 2.75) is 26.3 Å². The molecular weight excluding hydrogens is 206 g/mol. The second-order valence-corrected chi connectivity index (χ2v) is 3.97. The highest BCUT2D eigenvalue weighted by Crippen LogP contribution is 2.13. The third kappa shape index (κ3) is 2.88. The van der Waals surface area contributed by atoms with Crippen LogP contribution >= 0.6 is 0 Å². The maximum absolute atomic E-state index is 8.50. The molecule has 0 radical (unpaired) electrons. The van der Waals surface area contributed by atoms with E-state index in [4.69, 9.17) is 10.9 Å². The summed E-state index contributed by atoms with van der Waals surface area (Å²) < 4.78 is 1.95. The summed E-state index contributed by atoms with van der Waals surface area (Å²) in [6.07, 6.45) is 4.17. The number of aromatic nitrogens is 2. The fraction of sp³-hybridized carbons (Fsp3) is 0.600. The number of nitrogens with zero attached hydrogens (tertiary/aromatic N) is 4. The molecule has 3 N–H and O–H groups in total. The van der Waals surface area contributed by atoms with Gasteiger partial charge in [-0.1, -0.05) is 5.16 Å². The summed E-state index contributed by atoms with van der Waals surface area (Å²) in [6.45, 7) is 4.85. The van der Waals surface area contributed by atoms with Gasteiger partial charge >= 0.3 is 0 Å². The summed E-state index contributed by atoms with van der Waals surface area (Å²) in [4.78, 5) is 6.40. The van der Waals surface area contributed by atoms with Crippen LogP contribution in [0.3, 0.4) is 0 Å². The van der Waals surface area contributed by atoms with Crippen LogP contribution in [0.15, 0.2) is 17.5 Å². The summed E-state index contributed by atoms with van der Waals surface area (Å²) in [5, 5.41) is 11.5. The molecule has 6 nitrogen and oxygen atoms in total. The summed E-state index contributed by atoms with van der Waals surface area (Å²) in [5.41, 5.74) is 5.46. The van der Waals surface area contributed by atoms with Gasteiger partial charge in [0.25, 0.3) is 0 Å². The second-order valence-electron chi connectivity index (χ2n) is 3.97. The Hall–Kier alpha value is -1.72. The number of hydrogen-bond donors (Lipinski definition) is 2. The lowest BCUT2D eigenvalue weighted by molar-refractivity contribution is 0.317. The van der Waals surface area contributed by atoms with Crippen molar-refractivity contribution < 1.29 is 5.21 Å². The lowest BCUT2D eigenvalue weighted by Gasteiger charge is -2.27. The molecule has 0 amide bonds. The Labute approximate surface area is 95.4 Å². The standard InChI is InChI=1S/C10H19N5O/c1-8(2)15(6-4-9(11)13-16)10-12-5-7-14(10)3/h5,7-8,16H,4,6H2,1-3H3,(H2,11,13). The molecule has 0 saturated carbocycles. The smallest absolute Gasteiger partial charge is 0.205 e. The zero-order valence-electron chi connectivity index (χ0n) is 9.96. The van der Waals surface area contributed by atoms with Crippen LogP contribution in [0, 0.1) is 0 Å². The van der Waals surface area contributed by atoms with Crippen LogP contribution < -0.4 is 10.6 Å². The molecule has 0 saturated heterocycles. The van der Waals surface area contributed by atoms with Gasteiger partial charge < -0.3 is 20.4 Å². The molecule has 1 aromatic heterocycles. The number of aryl methyl sites for hydroxylation is 1. The van der Waals surface area contributed by atoms with E-state index >= 15 is 0 Å². The Kier molecular flexibility index (Phi) is 4.16. The Bertz CT molecular complexity index is 358. The molecule has 90 valence electrons. The molecule has 1 heterocycles. The van der Waals surface area contributed by atoms with Crippen molar-refractivity contribution in [3.8, 4) is 0 Å². The normalized spacial score (nSPS) is 12.1. The molecule has 1 aromatic rings. The van der Waals surface area contributed by atoms with E-state index in [9.17, 15) is 0 Å². The van der Waals surface area contributed by atoms with Crippen molar-refractivity contribution >= 4 is 11.8 Å². The number of nitrogens with two attached hydrogens (primary N) is 1. The predicted octanol–water partition coefficient (Wildman–Crippen LogP) is 0.771. The third-order valence-electron chi connectivity index (χ3n) is 2.41. The number of imidazole rings is 1. The fourth-order valence-electron chi connectivity index (χ4n) is 1.51. The largest absolute Gasteiger partial charge is 0.409 e. The highest BCUT2D eigenvalue weighted by molar-refractivity contribution is 5.80. The molecule has 0 atom stereocenters. The summed E-state index contributed by atoms with van der Waals surface area (Å²) in [6, 6.07) is 0.313. The second kappa shape index (κ2) is 5.39. The van der Waals surface area contributed by atoms with Gasteiger partial charge in [-0.15, -0.1) is 0 Å². The SMILES string of the molecule is CC(C)N(CCC(N)=NO)c1nccn1C. The van der Waals surface area contributed by atoms with Crippen LogP contribution in [0.5, 0.6) is 0 Å². The summed E-state index contributed by atoms with van der Waals surface area (Å²) in [7, 11) is 1.95. The zero-order valence-corrected chi connectivity index (χ0v) is 9.96. The molecule has 0 spiro atoms. The maximum atomic E-state index is 8.50. The third-order valence-corrected chi connectivity index (χ3v) is 2.41. The van der Waals surface area contributed by atoms with Crippen LogP contribution in [0.2, 0.25) is 0 Å². The van der Waals surface area contributed by atoms with Crippen molar-refractivity contribution in [2.24, 2.45) is 17.9 Å². The molecular formula is C10H19N5O. The van der Waals surface area contributed by atoms with Gasteiger partial charge in [-0.2, -0.15) is 0 Å². The first-order chi connectivity index (χ1) is 7.56. The molecule has 0 aliphatic heterocycles. The van der Waals surface area contributed by atoms with Crippen LogP contribution in [-0.4, -0.2) is 33.2 Å². The average molecular weight is 225 g/mol.